The number of hydrogen-bond donors (Lipinski definition) is 1. The van der Waals surface area contributed by atoms with E-state index < -0.39 is 0 Å². The Bertz CT molecular complexity index is 930. The Morgan fingerprint density at radius 1 is 1.15 bits per heavy atom. The summed E-state index contributed by atoms with van der Waals surface area (Å²) in [6.45, 7) is 3.85. The first-order chi connectivity index (χ1) is 13.0. The van der Waals surface area contributed by atoms with Gasteiger partial charge in [0.1, 0.15) is 0 Å². The molecular formula is C17H16ClN5O2S2. The summed E-state index contributed by atoms with van der Waals surface area (Å²) in [4.78, 5) is 20.7. The number of nitrogens with zero attached hydrogens (tertiary/aromatic N) is 4. The van der Waals surface area contributed by atoms with Gasteiger partial charge in [-0.3, -0.25) is 4.79 Å². The lowest BCUT2D eigenvalue weighted by atomic mass is 10.3. The van der Waals surface area contributed by atoms with Crippen LogP contribution in [0, 0.1) is 13.8 Å². The second-order valence-corrected chi connectivity index (χ2v) is 7.78. The van der Waals surface area contributed by atoms with Crippen LogP contribution in [-0.2, 0) is 10.5 Å². The van der Waals surface area contributed by atoms with Gasteiger partial charge >= 0.3 is 0 Å². The topological polar surface area (TPSA) is 93.8 Å². The molecule has 1 aromatic carbocycles. The third-order valence-electron chi connectivity index (χ3n) is 3.21. The van der Waals surface area contributed by atoms with Crippen LogP contribution >= 0.6 is 35.1 Å². The van der Waals surface area contributed by atoms with Crippen molar-refractivity contribution in [3.63, 3.8) is 0 Å². The van der Waals surface area contributed by atoms with Crippen LogP contribution in [-0.4, -0.2) is 31.8 Å². The zero-order valence-electron chi connectivity index (χ0n) is 14.6. The Kier molecular flexibility index (Phi) is 6.70. The van der Waals surface area contributed by atoms with Gasteiger partial charge in [-0.1, -0.05) is 47.3 Å². The average molecular weight is 422 g/mol. The number of nitrogens with one attached hydrogen (secondary N) is 1. The first-order valence-corrected chi connectivity index (χ1v) is 10.3. The highest BCUT2D eigenvalue weighted by Crippen LogP contribution is 2.24. The van der Waals surface area contributed by atoms with Crippen molar-refractivity contribution in [2.75, 3.05) is 11.1 Å². The fraction of sp³-hybridized carbons (Fsp3) is 0.235. The quantitative estimate of drug-likeness (QED) is 0.449. The molecule has 0 radical (unpaired) electrons. The van der Waals surface area contributed by atoms with Crippen LogP contribution in [0.15, 0.2) is 45.1 Å². The van der Waals surface area contributed by atoms with E-state index in [2.05, 4.69) is 25.5 Å². The number of carbonyl (C=O) groups excluding carboxylic acids is 1. The molecule has 10 heteroatoms. The van der Waals surface area contributed by atoms with Crippen molar-refractivity contribution in [2.45, 2.75) is 30.0 Å². The molecule has 0 saturated heterocycles. The lowest BCUT2D eigenvalue weighted by Gasteiger charge is -2.05. The number of rotatable bonds is 7. The second-order valence-electron chi connectivity index (χ2n) is 5.50. The first-order valence-electron chi connectivity index (χ1n) is 7.94. The maximum Gasteiger partial charge on any atom is 0.277 e. The molecule has 1 amide bonds. The summed E-state index contributed by atoms with van der Waals surface area (Å²) in [5.74, 6) is 0.852. The molecule has 3 rings (SSSR count). The van der Waals surface area contributed by atoms with Gasteiger partial charge in [-0.15, -0.1) is 10.2 Å². The predicted octanol–water partition coefficient (Wildman–Crippen LogP) is 4.15. The molecule has 0 saturated carbocycles. The minimum atomic E-state index is -0.203. The molecule has 2 heterocycles. The minimum absolute atomic E-state index is 0.139. The van der Waals surface area contributed by atoms with E-state index in [1.165, 1.54) is 23.5 Å². The van der Waals surface area contributed by atoms with Crippen LogP contribution in [0.1, 0.15) is 17.3 Å². The number of aromatic nitrogens is 4. The summed E-state index contributed by atoms with van der Waals surface area (Å²) < 4.78 is 5.55. The van der Waals surface area contributed by atoms with E-state index in [4.69, 9.17) is 16.0 Å². The van der Waals surface area contributed by atoms with Gasteiger partial charge in [-0.2, -0.15) is 0 Å². The van der Waals surface area contributed by atoms with Gasteiger partial charge in [0.2, 0.25) is 11.8 Å². The number of halogens is 1. The van der Waals surface area contributed by atoms with Crippen LogP contribution in [0.3, 0.4) is 0 Å². The van der Waals surface area contributed by atoms with E-state index in [9.17, 15) is 4.79 Å². The number of carbonyl (C=O) groups is 1. The molecule has 0 aliphatic rings. The number of para-hydroxylation sites is 1. The van der Waals surface area contributed by atoms with Crippen LogP contribution in [0.4, 0.5) is 5.69 Å². The Balaban J connectivity index is 1.49. The highest BCUT2D eigenvalue weighted by molar-refractivity contribution is 7.99. The fourth-order valence-electron chi connectivity index (χ4n) is 2.12. The van der Waals surface area contributed by atoms with Crippen molar-refractivity contribution >= 4 is 46.7 Å². The molecule has 0 spiro atoms. The molecule has 2 aromatic heterocycles. The molecule has 3 aromatic rings. The smallest absolute Gasteiger partial charge is 0.277 e. The maximum absolute atomic E-state index is 12.0. The van der Waals surface area contributed by atoms with Crippen molar-refractivity contribution in [2.24, 2.45) is 0 Å². The van der Waals surface area contributed by atoms with Crippen LogP contribution in [0.2, 0.25) is 5.02 Å². The SMILES string of the molecule is Cc1cc(C)nc(SCc2nnc(SCC(=O)Nc3ccccc3Cl)o2)n1. The molecule has 0 atom stereocenters. The number of hydrogen-bond acceptors (Lipinski definition) is 8. The van der Waals surface area contributed by atoms with Gasteiger partial charge in [-0.05, 0) is 32.0 Å². The highest BCUT2D eigenvalue weighted by atomic mass is 35.5. The Morgan fingerprint density at radius 2 is 1.89 bits per heavy atom. The summed E-state index contributed by atoms with van der Waals surface area (Å²) in [6, 6.07) is 8.97. The van der Waals surface area contributed by atoms with Gasteiger partial charge in [0.25, 0.3) is 5.22 Å². The van der Waals surface area contributed by atoms with Crippen molar-refractivity contribution in [1.29, 1.82) is 0 Å². The summed E-state index contributed by atoms with van der Waals surface area (Å²) in [5, 5.41) is 12.2. The van der Waals surface area contributed by atoms with Gasteiger partial charge in [-0.25, -0.2) is 9.97 Å². The van der Waals surface area contributed by atoms with Crippen molar-refractivity contribution < 1.29 is 9.21 Å². The van der Waals surface area contributed by atoms with Gasteiger partial charge < -0.3 is 9.73 Å². The van der Waals surface area contributed by atoms with Crippen molar-refractivity contribution in [1.82, 2.24) is 20.2 Å². The summed E-state index contributed by atoms with van der Waals surface area (Å²) >= 11 is 8.61. The molecule has 0 unspecified atom stereocenters. The molecule has 0 bridgehead atoms. The van der Waals surface area contributed by atoms with Crippen LogP contribution in [0.5, 0.6) is 0 Å². The largest absolute Gasteiger partial charge is 0.415 e. The third-order valence-corrected chi connectivity index (χ3v) is 5.19. The molecule has 7 nitrogen and oxygen atoms in total. The summed E-state index contributed by atoms with van der Waals surface area (Å²) in [7, 11) is 0. The van der Waals surface area contributed by atoms with E-state index in [-0.39, 0.29) is 11.7 Å². The van der Waals surface area contributed by atoms with E-state index >= 15 is 0 Å². The third kappa shape index (κ3) is 5.95. The second kappa shape index (κ2) is 9.20. The number of aryl methyl sites for hydroxylation is 2. The Hall–Kier alpha value is -2.10. The van der Waals surface area contributed by atoms with E-state index in [1.807, 2.05) is 19.9 Å². The minimum Gasteiger partial charge on any atom is -0.415 e. The summed E-state index contributed by atoms with van der Waals surface area (Å²) in [6.07, 6.45) is 0. The number of thioether (sulfide) groups is 2. The Labute approximate surface area is 169 Å². The number of amides is 1. The normalized spacial score (nSPS) is 10.8. The molecule has 140 valence electrons. The van der Waals surface area contributed by atoms with Crippen LogP contribution in [0.25, 0.3) is 0 Å². The number of anilines is 1. The standard InChI is InChI=1S/C17H16ClN5O2S2/c1-10-7-11(2)20-16(19-10)26-9-15-22-23-17(25-15)27-8-14(24)21-13-6-4-3-5-12(13)18/h3-7H,8-9H2,1-2H3,(H,21,24). The van der Waals surface area contributed by atoms with Gasteiger partial charge in [0, 0.05) is 11.4 Å². The molecular weight excluding hydrogens is 406 g/mol. The van der Waals surface area contributed by atoms with E-state index in [0.717, 1.165) is 11.4 Å². The number of benzene rings is 1. The van der Waals surface area contributed by atoms with Gasteiger partial charge in [0.15, 0.2) is 5.16 Å². The Morgan fingerprint density at radius 3 is 2.63 bits per heavy atom. The first kappa shape index (κ1) is 19.7. The molecule has 0 fully saturated rings. The van der Waals surface area contributed by atoms with Crippen molar-refractivity contribution in [3.05, 3.63) is 52.6 Å². The molecule has 1 N–H and O–H groups in total. The summed E-state index contributed by atoms with van der Waals surface area (Å²) in [5.41, 5.74) is 2.40. The predicted molar refractivity (Wildman–Crippen MR) is 106 cm³/mol. The van der Waals surface area contributed by atoms with Crippen LogP contribution < -0.4 is 5.32 Å². The molecule has 27 heavy (non-hydrogen) atoms. The average Bonchev–Trinajstić information content (AvgIpc) is 3.07. The lowest BCUT2D eigenvalue weighted by molar-refractivity contribution is -0.113. The monoisotopic (exact) mass is 421 g/mol. The molecule has 0 aliphatic heterocycles. The molecule has 0 aliphatic carbocycles. The van der Waals surface area contributed by atoms with E-state index in [0.29, 0.717) is 32.7 Å². The lowest BCUT2D eigenvalue weighted by Crippen LogP contribution is -2.14. The van der Waals surface area contributed by atoms with Gasteiger partial charge in [0.05, 0.1) is 22.2 Å². The maximum atomic E-state index is 12.0. The highest BCUT2D eigenvalue weighted by Gasteiger charge is 2.12. The fourth-order valence-corrected chi connectivity index (χ4v) is 3.67. The van der Waals surface area contributed by atoms with Crippen molar-refractivity contribution in [3.8, 4) is 0 Å². The van der Waals surface area contributed by atoms with E-state index in [1.54, 1.807) is 24.3 Å². The zero-order valence-corrected chi connectivity index (χ0v) is 17.0. The zero-order chi connectivity index (χ0) is 19.2.